The number of hydrogen-bond acceptors (Lipinski definition) is 5. The van der Waals surface area contributed by atoms with Crippen LogP contribution in [0.2, 0.25) is 0 Å². The molecule has 2 aliphatic rings. The van der Waals surface area contributed by atoms with Crippen LogP contribution in [0, 0.1) is 12.8 Å². The highest BCUT2D eigenvalue weighted by Gasteiger charge is 2.56. The maximum absolute atomic E-state index is 13.0. The summed E-state index contributed by atoms with van der Waals surface area (Å²) >= 11 is 0. The molecule has 0 saturated carbocycles. The van der Waals surface area contributed by atoms with Gasteiger partial charge in [-0.2, -0.15) is 4.31 Å². The highest BCUT2D eigenvalue weighted by atomic mass is 32.2. The Labute approximate surface area is 150 Å². The summed E-state index contributed by atoms with van der Waals surface area (Å²) in [5.74, 6) is 0.742. The Morgan fingerprint density at radius 2 is 2.12 bits per heavy atom. The highest BCUT2D eigenvalue weighted by Crippen LogP contribution is 2.44. The predicted octanol–water partition coefficient (Wildman–Crippen LogP) is 2.21. The minimum Gasteiger partial charge on any atom is -0.495 e. The van der Waals surface area contributed by atoms with Gasteiger partial charge in [-0.3, -0.25) is 0 Å². The second kappa shape index (κ2) is 7.23. The molecule has 0 N–H and O–H groups in total. The van der Waals surface area contributed by atoms with E-state index < -0.39 is 10.0 Å². The molecule has 1 atom stereocenters. The van der Waals surface area contributed by atoms with E-state index in [1.54, 1.807) is 18.2 Å². The minimum atomic E-state index is -3.58. The number of hydrogen-bond donors (Lipinski definition) is 0. The predicted molar refractivity (Wildman–Crippen MR) is 94.4 cm³/mol. The van der Waals surface area contributed by atoms with Gasteiger partial charge < -0.3 is 14.2 Å². The van der Waals surface area contributed by atoms with Crippen molar-refractivity contribution in [1.29, 1.82) is 0 Å². The number of ether oxygens (including phenoxy) is 3. The second-order valence-corrected chi connectivity index (χ2v) is 8.72. The summed E-state index contributed by atoms with van der Waals surface area (Å²) in [6.45, 7) is 6.80. The van der Waals surface area contributed by atoms with Crippen molar-refractivity contribution in [2.24, 2.45) is 5.92 Å². The van der Waals surface area contributed by atoms with Crippen molar-refractivity contribution in [1.82, 2.24) is 4.31 Å². The Bertz CT molecular complexity index is 712. The van der Waals surface area contributed by atoms with E-state index in [0.717, 1.165) is 18.4 Å². The Balaban J connectivity index is 1.73. The summed E-state index contributed by atoms with van der Waals surface area (Å²) < 4.78 is 44.2. The van der Waals surface area contributed by atoms with Crippen LogP contribution in [0.15, 0.2) is 23.1 Å². The summed E-state index contributed by atoms with van der Waals surface area (Å²) in [5, 5.41) is 0. The van der Waals surface area contributed by atoms with Crippen LogP contribution in [0.3, 0.4) is 0 Å². The zero-order valence-electron chi connectivity index (χ0n) is 15.2. The van der Waals surface area contributed by atoms with Crippen LogP contribution in [0.25, 0.3) is 0 Å². The summed E-state index contributed by atoms with van der Waals surface area (Å²) in [6, 6.07) is 5.16. The van der Waals surface area contributed by atoms with Crippen molar-refractivity contribution >= 4 is 10.0 Å². The number of rotatable bonds is 7. The molecule has 1 spiro atoms. The normalized spacial score (nSPS) is 22.9. The molecule has 0 aromatic heterocycles. The molecule has 1 aromatic rings. The van der Waals surface area contributed by atoms with E-state index in [4.69, 9.17) is 14.2 Å². The molecule has 0 radical (unpaired) electrons. The Morgan fingerprint density at radius 3 is 2.80 bits per heavy atom. The van der Waals surface area contributed by atoms with Gasteiger partial charge in [0, 0.05) is 32.9 Å². The summed E-state index contributed by atoms with van der Waals surface area (Å²) in [6.07, 6.45) is 1.88. The van der Waals surface area contributed by atoms with Crippen molar-refractivity contribution in [3.8, 4) is 5.75 Å². The highest BCUT2D eigenvalue weighted by molar-refractivity contribution is 7.89. The zero-order chi connectivity index (χ0) is 18.1. The molecular weight excluding hydrogens is 342 g/mol. The molecule has 1 aromatic carbocycles. The number of aryl methyl sites for hydroxylation is 1. The van der Waals surface area contributed by atoms with E-state index in [1.807, 2.05) is 13.8 Å². The van der Waals surface area contributed by atoms with E-state index in [2.05, 4.69) is 0 Å². The van der Waals surface area contributed by atoms with Crippen LogP contribution in [0.4, 0.5) is 0 Å². The van der Waals surface area contributed by atoms with Crippen molar-refractivity contribution in [3.63, 3.8) is 0 Å². The van der Waals surface area contributed by atoms with Crippen molar-refractivity contribution in [2.45, 2.75) is 37.2 Å². The van der Waals surface area contributed by atoms with Crippen molar-refractivity contribution in [3.05, 3.63) is 23.8 Å². The van der Waals surface area contributed by atoms with Gasteiger partial charge in [-0.1, -0.05) is 6.07 Å². The molecule has 0 amide bonds. The maximum atomic E-state index is 13.0. The molecular formula is C18H27NO5S. The molecule has 0 bridgehead atoms. The van der Waals surface area contributed by atoms with Gasteiger partial charge in [0.1, 0.15) is 10.6 Å². The van der Waals surface area contributed by atoms with E-state index in [9.17, 15) is 8.42 Å². The first-order chi connectivity index (χ1) is 11.9. The second-order valence-electron chi connectivity index (χ2n) is 6.81. The van der Waals surface area contributed by atoms with E-state index in [0.29, 0.717) is 44.6 Å². The van der Waals surface area contributed by atoms with Crippen LogP contribution in [-0.2, 0) is 19.5 Å². The lowest BCUT2D eigenvalue weighted by Crippen LogP contribution is -2.65. The molecule has 6 nitrogen and oxygen atoms in total. The number of sulfonamides is 1. The number of methoxy groups -OCH3 is 1. The Hall–Kier alpha value is -1.15. The monoisotopic (exact) mass is 369 g/mol. The van der Waals surface area contributed by atoms with E-state index in [-0.39, 0.29) is 10.5 Å². The molecule has 140 valence electrons. The third-order valence-corrected chi connectivity index (χ3v) is 7.07. The molecule has 0 unspecified atom stereocenters. The van der Waals surface area contributed by atoms with E-state index in [1.165, 1.54) is 11.4 Å². The molecule has 2 aliphatic heterocycles. The topological polar surface area (TPSA) is 65.1 Å². The summed E-state index contributed by atoms with van der Waals surface area (Å²) in [5.41, 5.74) is 0.619. The average molecular weight is 369 g/mol. The van der Waals surface area contributed by atoms with Crippen LogP contribution in [0.1, 0.15) is 25.3 Å². The van der Waals surface area contributed by atoms with Crippen LogP contribution in [-0.4, -0.2) is 58.3 Å². The first-order valence-corrected chi connectivity index (χ1v) is 10.2. The lowest BCUT2D eigenvalue weighted by molar-refractivity contribution is -0.105. The first-order valence-electron chi connectivity index (χ1n) is 8.79. The Kier molecular flexibility index (Phi) is 5.39. The molecule has 25 heavy (non-hydrogen) atoms. The lowest BCUT2D eigenvalue weighted by atomic mass is 9.80. The number of nitrogens with zero attached hydrogens (tertiary/aromatic N) is 1. The van der Waals surface area contributed by atoms with Gasteiger partial charge in [-0.05, 0) is 50.3 Å². The summed E-state index contributed by atoms with van der Waals surface area (Å²) in [7, 11) is -2.08. The lowest BCUT2D eigenvalue weighted by Gasteiger charge is -2.49. The zero-order valence-corrected chi connectivity index (χ0v) is 16.0. The van der Waals surface area contributed by atoms with E-state index >= 15 is 0 Å². The largest absolute Gasteiger partial charge is 0.495 e. The fourth-order valence-electron chi connectivity index (χ4n) is 3.76. The third-order valence-electron chi connectivity index (χ3n) is 5.24. The molecule has 3 rings (SSSR count). The standard InChI is InChI=1S/C18H27NO5S/c1-4-23-9-7-15-8-10-24-18(15)12-19(13-18)25(20,21)17-6-5-14(2)11-16(17)22-3/h5-6,11,15H,4,7-10,12-13H2,1-3H3/t15-/m0/s1. The van der Waals surface area contributed by atoms with Crippen molar-refractivity contribution in [2.75, 3.05) is 40.0 Å². The number of benzene rings is 1. The average Bonchev–Trinajstić information content (AvgIpc) is 2.97. The van der Waals surface area contributed by atoms with Gasteiger partial charge in [-0.15, -0.1) is 0 Å². The van der Waals surface area contributed by atoms with Crippen LogP contribution in [0.5, 0.6) is 5.75 Å². The SMILES string of the molecule is CCOCC[C@H]1CCOC12CN(S(=O)(=O)c1ccc(C)cc1OC)C2. The van der Waals surface area contributed by atoms with Crippen LogP contribution < -0.4 is 4.74 Å². The smallest absolute Gasteiger partial charge is 0.246 e. The maximum Gasteiger partial charge on any atom is 0.246 e. The molecule has 7 heteroatoms. The van der Waals surface area contributed by atoms with Crippen LogP contribution >= 0.6 is 0 Å². The third kappa shape index (κ3) is 3.43. The molecule has 2 fully saturated rings. The molecule has 2 heterocycles. The van der Waals surface area contributed by atoms with Gasteiger partial charge in [0.2, 0.25) is 10.0 Å². The first kappa shape index (κ1) is 18.6. The summed E-state index contributed by atoms with van der Waals surface area (Å²) in [4.78, 5) is 0.222. The quantitative estimate of drug-likeness (QED) is 0.690. The minimum absolute atomic E-state index is 0.222. The fourth-order valence-corrected chi connectivity index (χ4v) is 5.45. The van der Waals surface area contributed by atoms with Gasteiger partial charge >= 0.3 is 0 Å². The fraction of sp³-hybridized carbons (Fsp3) is 0.667. The van der Waals surface area contributed by atoms with Gasteiger partial charge in [0.15, 0.2) is 0 Å². The molecule has 2 saturated heterocycles. The van der Waals surface area contributed by atoms with Gasteiger partial charge in [-0.25, -0.2) is 8.42 Å². The van der Waals surface area contributed by atoms with Crippen molar-refractivity contribution < 1.29 is 22.6 Å². The van der Waals surface area contributed by atoms with Gasteiger partial charge in [0.05, 0.1) is 12.7 Å². The molecule has 0 aliphatic carbocycles. The van der Waals surface area contributed by atoms with Gasteiger partial charge in [0.25, 0.3) is 0 Å². The Morgan fingerprint density at radius 1 is 1.36 bits per heavy atom.